The van der Waals surface area contributed by atoms with E-state index in [0.29, 0.717) is 13.2 Å². The van der Waals surface area contributed by atoms with Crippen molar-refractivity contribution in [3.63, 3.8) is 0 Å². The van der Waals surface area contributed by atoms with Crippen LogP contribution in [0.2, 0.25) is 0 Å². The Morgan fingerprint density at radius 3 is 2.71 bits per heavy atom. The molecular formula is C12H17F2NO2. The zero-order chi connectivity index (χ0) is 12.7. The third kappa shape index (κ3) is 4.66. The highest BCUT2D eigenvalue weighted by Gasteiger charge is 2.13. The van der Waals surface area contributed by atoms with Crippen molar-refractivity contribution in [3.8, 4) is 5.75 Å². The summed E-state index contributed by atoms with van der Waals surface area (Å²) in [4.78, 5) is 0. The van der Waals surface area contributed by atoms with E-state index in [4.69, 9.17) is 9.47 Å². The van der Waals surface area contributed by atoms with E-state index in [-0.39, 0.29) is 11.9 Å². The van der Waals surface area contributed by atoms with Gasteiger partial charge in [-0.25, -0.2) is 8.78 Å². The van der Waals surface area contributed by atoms with Crippen molar-refractivity contribution in [2.45, 2.75) is 13.0 Å². The van der Waals surface area contributed by atoms with Crippen LogP contribution in [-0.4, -0.2) is 32.9 Å². The minimum Gasteiger partial charge on any atom is -0.484 e. The maximum absolute atomic E-state index is 13.3. The Morgan fingerprint density at radius 1 is 1.35 bits per heavy atom. The quantitative estimate of drug-likeness (QED) is 0.796. The summed E-state index contributed by atoms with van der Waals surface area (Å²) < 4.78 is 36.4. The Bertz CT molecular complexity index is 347. The summed E-state index contributed by atoms with van der Waals surface area (Å²) >= 11 is 0. The number of hydrogen-bond donors (Lipinski definition) is 1. The molecule has 0 aliphatic heterocycles. The van der Waals surface area contributed by atoms with E-state index in [2.05, 4.69) is 5.32 Å². The summed E-state index contributed by atoms with van der Waals surface area (Å²) in [5.41, 5.74) is 0. The highest BCUT2D eigenvalue weighted by Crippen LogP contribution is 2.18. The van der Waals surface area contributed by atoms with Gasteiger partial charge in [-0.3, -0.25) is 0 Å². The van der Waals surface area contributed by atoms with E-state index >= 15 is 0 Å². The van der Waals surface area contributed by atoms with Gasteiger partial charge in [-0.15, -0.1) is 0 Å². The van der Waals surface area contributed by atoms with Crippen LogP contribution in [0.5, 0.6) is 5.75 Å². The van der Waals surface area contributed by atoms with E-state index in [0.717, 1.165) is 18.7 Å². The number of ether oxygens (including phenoxy) is 2. The zero-order valence-electron chi connectivity index (χ0n) is 10.0. The van der Waals surface area contributed by atoms with Crippen LogP contribution in [0, 0.1) is 11.6 Å². The van der Waals surface area contributed by atoms with Crippen LogP contribution in [0.1, 0.15) is 6.92 Å². The minimum atomic E-state index is -0.706. The summed E-state index contributed by atoms with van der Waals surface area (Å²) in [6, 6.07) is 3.24. The lowest BCUT2D eigenvalue weighted by atomic mass is 10.3. The lowest BCUT2D eigenvalue weighted by Gasteiger charge is -2.19. The first kappa shape index (κ1) is 13.9. The standard InChI is InChI=1S/C12H17F2NO2/c1-3-15-7-10(8-16-2)17-12-5-4-9(13)6-11(12)14/h4-6,10,15H,3,7-8H2,1-2H3. The summed E-state index contributed by atoms with van der Waals surface area (Å²) in [6.07, 6.45) is -0.306. The first-order valence-electron chi connectivity index (χ1n) is 5.48. The molecule has 96 valence electrons. The normalized spacial score (nSPS) is 12.5. The summed E-state index contributed by atoms with van der Waals surface area (Å²) in [7, 11) is 1.54. The van der Waals surface area contributed by atoms with Crippen molar-refractivity contribution in [1.82, 2.24) is 5.32 Å². The zero-order valence-corrected chi connectivity index (χ0v) is 10.0. The van der Waals surface area contributed by atoms with Gasteiger partial charge in [-0.2, -0.15) is 0 Å². The number of rotatable bonds is 7. The number of halogens is 2. The highest BCUT2D eigenvalue weighted by atomic mass is 19.1. The molecule has 0 amide bonds. The van der Waals surface area contributed by atoms with Gasteiger partial charge in [0.05, 0.1) is 6.61 Å². The second-order valence-electron chi connectivity index (χ2n) is 3.58. The molecule has 3 nitrogen and oxygen atoms in total. The number of nitrogens with one attached hydrogen (secondary N) is 1. The van der Waals surface area contributed by atoms with Crippen LogP contribution in [0.4, 0.5) is 8.78 Å². The molecule has 0 aromatic heterocycles. The molecule has 1 unspecified atom stereocenters. The summed E-state index contributed by atoms with van der Waals surface area (Å²) in [5, 5.41) is 3.08. The molecule has 0 fully saturated rings. The van der Waals surface area contributed by atoms with Gasteiger partial charge < -0.3 is 14.8 Å². The Balaban J connectivity index is 2.64. The lowest BCUT2D eigenvalue weighted by molar-refractivity contribution is 0.0781. The average Bonchev–Trinajstić information content (AvgIpc) is 2.29. The summed E-state index contributed by atoms with van der Waals surface area (Å²) in [5.74, 6) is -1.29. The van der Waals surface area contributed by atoms with E-state index in [1.165, 1.54) is 6.07 Å². The number of benzene rings is 1. The molecule has 5 heteroatoms. The highest BCUT2D eigenvalue weighted by molar-refractivity contribution is 5.24. The molecule has 1 atom stereocenters. The molecule has 1 rings (SSSR count). The van der Waals surface area contributed by atoms with Gasteiger partial charge in [0.15, 0.2) is 11.6 Å². The van der Waals surface area contributed by atoms with Crippen molar-refractivity contribution in [2.24, 2.45) is 0 Å². The van der Waals surface area contributed by atoms with Crippen molar-refractivity contribution in [3.05, 3.63) is 29.8 Å². The third-order valence-electron chi connectivity index (χ3n) is 2.16. The van der Waals surface area contributed by atoms with Gasteiger partial charge in [-0.1, -0.05) is 6.92 Å². The second kappa shape index (κ2) is 7.19. The molecule has 0 saturated carbocycles. The topological polar surface area (TPSA) is 30.5 Å². The molecular weight excluding hydrogens is 228 g/mol. The fraction of sp³-hybridized carbons (Fsp3) is 0.500. The Hall–Kier alpha value is -1.20. The molecule has 0 saturated heterocycles. The van der Waals surface area contributed by atoms with Crippen molar-refractivity contribution >= 4 is 0 Å². The first-order chi connectivity index (χ1) is 8.17. The monoisotopic (exact) mass is 245 g/mol. The molecule has 0 heterocycles. The van der Waals surface area contributed by atoms with Crippen LogP contribution >= 0.6 is 0 Å². The van der Waals surface area contributed by atoms with E-state index in [1.807, 2.05) is 6.92 Å². The van der Waals surface area contributed by atoms with Crippen molar-refractivity contribution in [2.75, 3.05) is 26.8 Å². The molecule has 0 aliphatic rings. The SMILES string of the molecule is CCNCC(COC)Oc1ccc(F)cc1F. The van der Waals surface area contributed by atoms with Crippen LogP contribution in [0.3, 0.4) is 0 Å². The van der Waals surface area contributed by atoms with Crippen LogP contribution < -0.4 is 10.1 Å². The van der Waals surface area contributed by atoms with E-state index in [1.54, 1.807) is 7.11 Å². The predicted molar refractivity (Wildman–Crippen MR) is 61.2 cm³/mol. The lowest BCUT2D eigenvalue weighted by Crippen LogP contribution is -2.35. The molecule has 1 N–H and O–H groups in total. The molecule has 0 bridgehead atoms. The maximum Gasteiger partial charge on any atom is 0.167 e. The van der Waals surface area contributed by atoms with Gasteiger partial charge in [0.25, 0.3) is 0 Å². The Morgan fingerprint density at radius 2 is 2.12 bits per heavy atom. The largest absolute Gasteiger partial charge is 0.484 e. The fourth-order valence-corrected chi connectivity index (χ4v) is 1.38. The average molecular weight is 245 g/mol. The Labute approximate surface area is 99.7 Å². The molecule has 0 radical (unpaired) electrons. The Kier molecular flexibility index (Phi) is 5.86. The van der Waals surface area contributed by atoms with Gasteiger partial charge >= 0.3 is 0 Å². The predicted octanol–water partition coefficient (Wildman–Crippen LogP) is 1.97. The van der Waals surface area contributed by atoms with Crippen LogP contribution in [0.15, 0.2) is 18.2 Å². The van der Waals surface area contributed by atoms with Gasteiger partial charge in [0.1, 0.15) is 11.9 Å². The first-order valence-corrected chi connectivity index (χ1v) is 5.48. The van der Waals surface area contributed by atoms with Crippen molar-refractivity contribution < 1.29 is 18.3 Å². The molecule has 0 spiro atoms. The van der Waals surface area contributed by atoms with Crippen LogP contribution in [-0.2, 0) is 4.74 Å². The number of hydrogen-bond acceptors (Lipinski definition) is 3. The molecule has 0 aliphatic carbocycles. The maximum atomic E-state index is 13.3. The van der Waals surface area contributed by atoms with Crippen molar-refractivity contribution in [1.29, 1.82) is 0 Å². The van der Waals surface area contributed by atoms with Gasteiger partial charge in [-0.05, 0) is 18.7 Å². The third-order valence-corrected chi connectivity index (χ3v) is 2.16. The second-order valence-corrected chi connectivity index (χ2v) is 3.58. The van der Waals surface area contributed by atoms with E-state index in [9.17, 15) is 8.78 Å². The molecule has 1 aromatic carbocycles. The molecule has 1 aromatic rings. The van der Waals surface area contributed by atoms with Gasteiger partial charge in [0.2, 0.25) is 0 Å². The fourth-order valence-electron chi connectivity index (χ4n) is 1.38. The minimum absolute atomic E-state index is 0.0337. The summed E-state index contributed by atoms with van der Waals surface area (Å²) in [6.45, 7) is 3.63. The molecule has 17 heavy (non-hydrogen) atoms. The van der Waals surface area contributed by atoms with E-state index < -0.39 is 11.6 Å². The van der Waals surface area contributed by atoms with Gasteiger partial charge in [0, 0.05) is 19.7 Å². The smallest absolute Gasteiger partial charge is 0.167 e. The number of methoxy groups -OCH3 is 1. The number of likely N-dealkylation sites (N-methyl/N-ethyl adjacent to an activating group) is 1. The van der Waals surface area contributed by atoms with Crippen LogP contribution in [0.25, 0.3) is 0 Å².